The first-order chi connectivity index (χ1) is 15.1. The van der Waals surface area contributed by atoms with Gasteiger partial charge in [0, 0.05) is 24.0 Å². The average Bonchev–Trinajstić information content (AvgIpc) is 3.47. The van der Waals surface area contributed by atoms with Crippen LogP contribution in [0, 0.1) is 11.7 Å². The van der Waals surface area contributed by atoms with E-state index < -0.39 is 40.6 Å². The summed E-state index contributed by atoms with van der Waals surface area (Å²) in [5.41, 5.74) is 1.91. The Balaban J connectivity index is 1.84. The van der Waals surface area contributed by atoms with E-state index in [1.54, 1.807) is 18.3 Å². The van der Waals surface area contributed by atoms with Crippen LogP contribution < -0.4 is 5.73 Å². The summed E-state index contributed by atoms with van der Waals surface area (Å²) < 4.78 is 54.7. The summed E-state index contributed by atoms with van der Waals surface area (Å²) in [6, 6.07) is 7.35. The predicted octanol–water partition coefficient (Wildman–Crippen LogP) is 3.95. The van der Waals surface area contributed by atoms with E-state index >= 15 is 0 Å². The minimum atomic E-state index is -4.86. The number of nitrogens with zero attached hydrogens (tertiary/aromatic N) is 3. The standard InChI is InChI=1S/C22H20F4N4O2/c23-16-6-5-14(21(32,8-7-13-3-4-13)15-2-1-9-28-12-15)10-17(16)30-18(20(27)31)11-19(29-30)22(24,25)26/h1-2,5-6,9-13,32H,3-4,7-8H2,(H2,27,31). The van der Waals surface area contributed by atoms with Gasteiger partial charge in [0.05, 0.1) is 0 Å². The van der Waals surface area contributed by atoms with Crippen LogP contribution in [0.1, 0.15) is 53.0 Å². The monoisotopic (exact) mass is 448 g/mol. The van der Waals surface area contributed by atoms with Crippen LogP contribution in [0.15, 0.2) is 48.8 Å². The van der Waals surface area contributed by atoms with Gasteiger partial charge in [0.1, 0.15) is 22.8 Å². The fourth-order valence-corrected chi connectivity index (χ4v) is 3.69. The van der Waals surface area contributed by atoms with Crippen molar-refractivity contribution in [2.75, 3.05) is 0 Å². The third-order valence-corrected chi connectivity index (χ3v) is 5.65. The second kappa shape index (κ2) is 8.01. The molecule has 1 amide bonds. The molecular formula is C22H20F4N4O2. The molecular weight excluding hydrogens is 428 g/mol. The molecule has 1 aromatic carbocycles. The quantitative estimate of drug-likeness (QED) is 0.535. The molecule has 1 fully saturated rings. The van der Waals surface area contributed by atoms with Crippen molar-refractivity contribution in [3.8, 4) is 5.69 Å². The van der Waals surface area contributed by atoms with Crippen LogP contribution in [0.2, 0.25) is 0 Å². The number of halogens is 4. The highest BCUT2D eigenvalue weighted by molar-refractivity contribution is 5.91. The van der Waals surface area contributed by atoms with Crippen LogP contribution in [0.4, 0.5) is 17.6 Å². The average molecular weight is 448 g/mol. The fourth-order valence-electron chi connectivity index (χ4n) is 3.69. The number of aromatic nitrogens is 3. The normalized spacial score (nSPS) is 16.0. The van der Waals surface area contributed by atoms with Crippen molar-refractivity contribution in [2.24, 2.45) is 11.7 Å². The molecule has 1 atom stereocenters. The minimum Gasteiger partial charge on any atom is -0.380 e. The van der Waals surface area contributed by atoms with Gasteiger partial charge in [-0.1, -0.05) is 25.0 Å². The number of nitrogens with two attached hydrogens (primary N) is 1. The summed E-state index contributed by atoms with van der Waals surface area (Å²) >= 11 is 0. The predicted molar refractivity (Wildman–Crippen MR) is 106 cm³/mol. The summed E-state index contributed by atoms with van der Waals surface area (Å²) in [4.78, 5) is 15.8. The highest BCUT2D eigenvalue weighted by atomic mass is 19.4. The number of alkyl halides is 3. The first kappa shape index (κ1) is 21.9. The third kappa shape index (κ3) is 4.22. The first-order valence-corrected chi connectivity index (χ1v) is 10.00. The number of hydrogen-bond acceptors (Lipinski definition) is 4. The molecule has 1 saturated carbocycles. The van der Waals surface area contributed by atoms with Crippen LogP contribution in [0.3, 0.4) is 0 Å². The molecule has 32 heavy (non-hydrogen) atoms. The molecule has 0 aliphatic heterocycles. The molecule has 0 radical (unpaired) electrons. The number of benzene rings is 1. The lowest BCUT2D eigenvalue weighted by Crippen LogP contribution is -2.28. The van der Waals surface area contributed by atoms with E-state index in [1.807, 2.05) is 0 Å². The summed E-state index contributed by atoms with van der Waals surface area (Å²) in [6.07, 6.45) is 1.32. The maximum absolute atomic E-state index is 14.7. The summed E-state index contributed by atoms with van der Waals surface area (Å²) in [5.74, 6) is -1.64. The van der Waals surface area contributed by atoms with Crippen LogP contribution >= 0.6 is 0 Å². The van der Waals surface area contributed by atoms with Crippen LogP contribution in [-0.2, 0) is 11.8 Å². The minimum absolute atomic E-state index is 0.238. The van der Waals surface area contributed by atoms with E-state index in [0.717, 1.165) is 18.9 Å². The molecule has 4 rings (SSSR count). The molecule has 6 nitrogen and oxygen atoms in total. The zero-order valence-electron chi connectivity index (χ0n) is 16.8. The Labute approximate surface area is 180 Å². The zero-order valence-corrected chi connectivity index (χ0v) is 16.8. The Kier molecular flexibility index (Phi) is 5.49. The van der Waals surface area contributed by atoms with E-state index in [4.69, 9.17) is 5.73 Å². The Morgan fingerprint density at radius 2 is 1.94 bits per heavy atom. The molecule has 3 N–H and O–H groups in total. The van der Waals surface area contributed by atoms with Gasteiger partial charge in [0.2, 0.25) is 0 Å². The second-order valence-electron chi connectivity index (χ2n) is 7.94. The summed E-state index contributed by atoms with van der Waals surface area (Å²) in [5, 5.41) is 15.0. The number of carbonyl (C=O) groups excluding carboxylic acids is 1. The Hall–Kier alpha value is -3.27. The van der Waals surface area contributed by atoms with E-state index in [1.165, 1.54) is 18.3 Å². The van der Waals surface area contributed by atoms with Crippen molar-refractivity contribution >= 4 is 5.91 Å². The number of carbonyl (C=O) groups is 1. The van der Waals surface area contributed by atoms with Crippen molar-refractivity contribution in [3.05, 3.63) is 77.1 Å². The molecule has 2 aromatic heterocycles. The summed E-state index contributed by atoms with van der Waals surface area (Å²) in [7, 11) is 0. The Morgan fingerprint density at radius 3 is 2.53 bits per heavy atom. The summed E-state index contributed by atoms with van der Waals surface area (Å²) in [6.45, 7) is 0. The van der Waals surface area contributed by atoms with Gasteiger partial charge in [0.15, 0.2) is 5.69 Å². The lowest BCUT2D eigenvalue weighted by atomic mass is 9.82. The van der Waals surface area contributed by atoms with E-state index in [-0.39, 0.29) is 5.56 Å². The van der Waals surface area contributed by atoms with Crippen molar-refractivity contribution in [3.63, 3.8) is 0 Å². The molecule has 0 spiro atoms. The highest BCUT2D eigenvalue weighted by Crippen LogP contribution is 2.41. The lowest BCUT2D eigenvalue weighted by molar-refractivity contribution is -0.141. The van der Waals surface area contributed by atoms with Gasteiger partial charge in [-0.15, -0.1) is 0 Å². The van der Waals surface area contributed by atoms with Crippen molar-refractivity contribution in [2.45, 2.75) is 37.5 Å². The van der Waals surface area contributed by atoms with E-state index in [0.29, 0.717) is 35.1 Å². The third-order valence-electron chi connectivity index (χ3n) is 5.65. The molecule has 2 heterocycles. The van der Waals surface area contributed by atoms with Crippen molar-refractivity contribution in [1.29, 1.82) is 0 Å². The number of pyridine rings is 1. The number of amides is 1. The van der Waals surface area contributed by atoms with E-state index in [9.17, 15) is 27.5 Å². The molecule has 1 unspecified atom stereocenters. The Bertz CT molecular complexity index is 1140. The molecule has 10 heteroatoms. The number of aliphatic hydroxyl groups is 1. The molecule has 1 aliphatic rings. The van der Waals surface area contributed by atoms with Gasteiger partial charge in [0.25, 0.3) is 5.91 Å². The smallest absolute Gasteiger partial charge is 0.380 e. The molecule has 168 valence electrons. The van der Waals surface area contributed by atoms with Gasteiger partial charge >= 0.3 is 6.18 Å². The SMILES string of the molecule is NC(=O)c1cc(C(F)(F)F)nn1-c1cc(C(O)(CCC2CC2)c2cccnc2)ccc1F. The lowest BCUT2D eigenvalue weighted by Gasteiger charge is -2.30. The van der Waals surface area contributed by atoms with Gasteiger partial charge in [-0.05, 0) is 42.5 Å². The first-order valence-electron chi connectivity index (χ1n) is 10.00. The highest BCUT2D eigenvalue weighted by Gasteiger charge is 2.38. The molecule has 3 aromatic rings. The Morgan fingerprint density at radius 1 is 1.19 bits per heavy atom. The van der Waals surface area contributed by atoms with E-state index in [2.05, 4.69) is 10.1 Å². The van der Waals surface area contributed by atoms with Gasteiger partial charge in [-0.25, -0.2) is 9.07 Å². The van der Waals surface area contributed by atoms with Crippen LogP contribution in [0.25, 0.3) is 5.69 Å². The number of hydrogen-bond donors (Lipinski definition) is 2. The van der Waals surface area contributed by atoms with Crippen molar-refractivity contribution in [1.82, 2.24) is 14.8 Å². The molecule has 0 bridgehead atoms. The van der Waals surface area contributed by atoms with Crippen molar-refractivity contribution < 1.29 is 27.5 Å². The number of rotatable bonds is 7. The number of primary amides is 1. The fraction of sp³-hybridized carbons (Fsp3) is 0.318. The van der Waals surface area contributed by atoms with Gasteiger partial charge in [-0.3, -0.25) is 9.78 Å². The molecule has 0 saturated heterocycles. The van der Waals surface area contributed by atoms with Crippen LogP contribution in [0.5, 0.6) is 0 Å². The largest absolute Gasteiger partial charge is 0.435 e. The van der Waals surface area contributed by atoms with Crippen LogP contribution in [-0.4, -0.2) is 25.8 Å². The topological polar surface area (TPSA) is 94.0 Å². The molecule has 1 aliphatic carbocycles. The van der Waals surface area contributed by atoms with Gasteiger partial charge in [-0.2, -0.15) is 18.3 Å². The maximum Gasteiger partial charge on any atom is 0.435 e. The second-order valence-corrected chi connectivity index (χ2v) is 7.94. The zero-order chi connectivity index (χ0) is 23.1. The van der Waals surface area contributed by atoms with Gasteiger partial charge < -0.3 is 10.8 Å². The maximum atomic E-state index is 14.7.